The summed E-state index contributed by atoms with van der Waals surface area (Å²) in [7, 11) is 0. The van der Waals surface area contributed by atoms with Crippen LogP contribution < -0.4 is 5.32 Å². The first-order valence-corrected chi connectivity index (χ1v) is 7.16. The van der Waals surface area contributed by atoms with Crippen LogP contribution in [0.25, 0.3) is 0 Å². The van der Waals surface area contributed by atoms with E-state index in [1.54, 1.807) is 16.7 Å². The van der Waals surface area contributed by atoms with Crippen LogP contribution in [0.4, 0.5) is 4.79 Å². The van der Waals surface area contributed by atoms with Crippen molar-refractivity contribution in [2.24, 2.45) is 0 Å². The fourth-order valence-corrected chi connectivity index (χ4v) is 2.80. The summed E-state index contributed by atoms with van der Waals surface area (Å²) in [5.41, 5.74) is 0. The number of nitrogens with one attached hydrogen (secondary N) is 1. The Morgan fingerprint density at radius 3 is 2.63 bits per heavy atom. The molecule has 108 valence electrons. The van der Waals surface area contributed by atoms with Gasteiger partial charge in [-0.15, -0.1) is 0 Å². The molecule has 1 heterocycles. The van der Waals surface area contributed by atoms with E-state index in [0.717, 1.165) is 11.5 Å². The standard InChI is InChI=1S/C11H18N2O5S/c1-7-6-19-5-4-13(7)11(18)12-8(10(16)17)2-3-9(14)15/h7-8H,2-6H2,1H3,(H,12,18)(H,14,15)(H,16,17). The number of hydrogen-bond acceptors (Lipinski definition) is 4. The molecule has 1 saturated heterocycles. The number of carboxylic acid groups (broad SMARTS) is 2. The monoisotopic (exact) mass is 290 g/mol. The zero-order valence-electron chi connectivity index (χ0n) is 10.7. The fourth-order valence-electron chi connectivity index (χ4n) is 1.79. The Balaban J connectivity index is 2.55. The maximum absolute atomic E-state index is 12.0. The summed E-state index contributed by atoms with van der Waals surface area (Å²) in [4.78, 5) is 35.0. The molecule has 3 N–H and O–H groups in total. The lowest BCUT2D eigenvalue weighted by molar-refractivity contribution is -0.140. The fraction of sp³-hybridized carbons (Fsp3) is 0.727. The Morgan fingerprint density at radius 2 is 2.11 bits per heavy atom. The summed E-state index contributed by atoms with van der Waals surface area (Å²) in [6, 6.07) is -1.55. The van der Waals surface area contributed by atoms with E-state index in [4.69, 9.17) is 10.2 Å². The summed E-state index contributed by atoms with van der Waals surface area (Å²) in [5.74, 6) is -0.651. The minimum absolute atomic E-state index is 0.0488. The van der Waals surface area contributed by atoms with Crippen LogP contribution in [0.15, 0.2) is 0 Å². The van der Waals surface area contributed by atoms with Gasteiger partial charge >= 0.3 is 18.0 Å². The van der Waals surface area contributed by atoms with Crippen LogP contribution in [-0.4, -0.2) is 63.2 Å². The number of carbonyl (C=O) groups excluding carboxylic acids is 1. The lowest BCUT2D eigenvalue weighted by Crippen LogP contribution is -2.53. The van der Waals surface area contributed by atoms with Crippen molar-refractivity contribution < 1.29 is 24.6 Å². The van der Waals surface area contributed by atoms with Crippen LogP contribution in [0.3, 0.4) is 0 Å². The maximum atomic E-state index is 12.0. The first-order chi connectivity index (χ1) is 8.91. The van der Waals surface area contributed by atoms with E-state index in [1.807, 2.05) is 6.92 Å². The van der Waals surface area contributed by atoms with Crippen LogP contribution in [-0.2, 0) is 9.59 Å². The molecule has 1 aliphatic heterocycles. The van der Waals surface area contributed by atoms with E-state index in [1.165, 1.54) is 0 Å². The summed E-state index contributed by atoms with van der Waals surface area (Å²) < 4.78 is 0. The molecule has 0 radical (unpaired) electrons. The van der Waals surface area contributed by atoms with Gasteiger partial charge in [0.05, 0.1) is 0 Å². The van der Waals surface area contributed by atoms with Gasteiger partial charge in [0.25, 0.3) is 0 Å². The highest BCUT2D eigenvalue weighted by Crippen LogP contribution is 2.16. The molecule has 2 amide bonds. The third kappa shape index (κ3) is 4.98. The Kier molecular flexibility index (Phi) is 5.94. The quantitative estimate of drug-likeness (QED) is 0.678. The third-order valence-electron chi connectivity index (χ3n) is 2.87. The molecule has 1 rings (SSSR count). The molecule has 0 aromatic heterocycles. The molecule has 0 spiro atoms. The van der Waals surface area contributed by atoms with Crippen molar-refractivity contribution in [2.45, 2.75) is 31.8 Å². The van der Waals surface area contributed by atoms with Crippen LogP contribution in [0, 0.1) is 0 Å². The van der Waals surface area contributed by atoms with Crippen molar-refractivity contribution >= 4 is 29.7 Å². The highest BCUT2D eigenvalue weighted by molar-refractivity contribution is 7.99. The molecule has 0 aliphatic carbocycles. The molecule has 0 aromatic rings. The molecule has 0 aromatic carbocycles. The van der Waals surface area contributed by atoms with Gasteiger partial charge in [0.15, 0.2) is 0 Å². The normalized spacial score (nSPS) is 20.7. The van der Waals surface area contributed by atoms with Crippen molar-refractivity contribution in [1.82, 2.24) is 10.2 Å². The molecule has 0 bridgehead atoms. The molecule has 2 atom stereocenters. The number of carboxylic acids is 2. The van der Waals surface area contributed by atoms with E-state index in [-0.39, 0.29) is 18.9 Å². The van der Waals surface area contributed by atoms with Crippen molar-refractivity contribution in [3.63, 3.8) is 0 Å². The van der Waals surface area contributed by atoms with Crippen molar-refractivity contribution in [1.29, 1.82) is 0 Å². The van der Waals surface area contributed by atoms with Gasteiger partial charge in [0, 0.05) is 30.5 Å². The van der Waals surface area contributed by atoms with Crippen LogP contribution >= 0.6 is 11.8 Å². The molecule has 0 saturated carbocycles. The van der Waals surface area contributed by atoms with Gasteiger partial charge in [0.1, 0.15) is 6.04 Å². The summed E-state index contributed by atoms with van der Waals surface area (Å²) in [6.07, 6.45) is -0.407. The molecule has 19 heavy (non-hydrogen) atoms. The number of carbonyl (C=O) groups is 3. The number of aliphatic carboxylic acids is 2. The van der Waals surface area contributed by atoms with E-state index in [2.05, 4.69) is 5.32 Å². The maximum Gasteiger partial charge on any atom is 0.326 e. The highest BCUT2D eigenvalue weighted by atomic mass is 32.2. The van der Waals surface area contributed by atoms with Crippen LogP contribution in [0.5, 0.6) is 0 Å². The smallest absolute Gasteiger partial charge is 0.326 e. The summed E-state index contributed by atoms with van der Waals surface area (Å²) >= 11 is 1.75. The van der Waals surface area contributed by atoms with Crippen molar-refractivity contribution in [2.75, 3.05) is 18.1 Å². The summed E-state index contributed by atoms with van der Waals surface area (Å²) in [5, 5.41) is 19.9. The Morgan fingerprint density at radius 1 is 1.42 bits per heavy atom. The van der Waals surface area contributed by atoms with Crippen LogP contribution in [0.2, 0.25) is 0 Å². The van der Waals surface area contributed by atoms with Crippen LogP contribution in [0.1, 0.15) is 19.8 Å². The average Bonchev–Trinajstić information content (AvgIpc) is 2.34. The predicted molar refractivity (Wildman–Crippen MR) is 70.3 cm³/mol. The lowest BCUT2D eigenvalue weighted by atomic mass is 10.1. The topological polar surface area (TPSA) is 107 Å². The number of amides is 2. The van der Waals surface area contributed by atoms with E-state index >= 15 is 0 Å². The zero-order valence-corrected chi connectivity index (χ0v) is 11.5. The zero-order chi connectivity index (χ0) is 14.4. The molecule has 8 heteroatoms. The first-order valence-electron chi connectivity index (χ1n) is 6.01. The molecule has 1 fully saturated rings. The lowest BCUT2D eigenvalue weighted by Gasteiger charge is -2.33. The highest BCUT2D eigenvalue weighted by Gasteiger charge is 2.27. The van der Waals surface area contributed by atoms with Gasteiger partial charge in [-0.3, -0.25) is 4.79 Å². The average molecular weight is 290 g/mol. The largest absolute Gasteiger partial charge is 0.481 e. The molecular formula is C11H18N2O5S. The first kappa shape index (κ1) is 15.6. The summed E-state index contributed by atoms with van der Waals surface area (Å²) in [6.45, 7) is 2.47. The molecular weight excluding hydrogens is 272 g/mol. The Hall–Kier alpha value is -1.44. The third-order valence-corrected chi connectivity index (χ3v) is 4.06. The number of hydrogen-bond donors (Lipinski definition) is 3. The van der Waals surface area contributed by atoms with E-state index < -0.39 is 24.0 Å². The molecule has 7 nitrogen and oxygen atoms in total. The minimum Gasteiger partial charge on any atom is -0.481 e. The van der Waals surface area contributed by atoms with Crippen molar-refractivity contribution in [3.8, 4) is 0 Å². The van der Waals surface area contributed by atoms with E-state index in [9.17, 15) is 14.4 Å². The SMILES string of the molecule is CC1CSCCN1C(=O)NC(CCC(=O)O)C(=O)O. The van der Waals surface area contributed by atoms with Gasteiger partial charge in [-0.2, -0.15) is 11.8 Å². The van der Waals surface area contributed by atoms with Gasteiger partial charge < -0.3 is 20.4 Å². The number of urea groups is 1. The van der Waals surface area contributed by atoms with E-state index in [0.29, 0.717) is 6.54 Å². The second-order valence-corrected chi connectivity index (χ2v) is 5.54. The van der Waals surface area contributed by atoms with Gasteiger partial charge in [-0.25, -0.2) is 9.59 Å². The van der Waals surface area contributed by atoms with Gasteiger partial charge in [-0.1, -0.05) is 0 Å². The molecule has 1 aliphatic rings. The Bertz CT molecular complexity index is 363. The minimum atomic E-state index is -1.21. The predicted octanol–water partition coefficient (Wildman–Crippen LogP) is 0.451. The van der Waals surface area contributed by atoms with Gasteiger partial charge in [0.2, 0.25) is 0 Å². The second-order valence-electron chi connectivity index (χ2n) is 4.39. The number of nitrogens with zero attached hydrogens (tertiary/aromatic N) is 1. The number of rotatable bonds is 5. The number of thioether (sulfide) groups is 1. The van der Waals surface area contributed by atoms with Gasteiger partial charge in [-0.05, 0) is 13.3 Å². The second kappa shape index (κ2) is 7.22. The molecule has 2 unspecified atom stereocenters. The van der Waals surface area contributed by atoms with Crippen molar-refractivity contribution in [3.05, 3.63) is 0 Å². The Labute approximate surface area is 115 Å².